The molecule has 0 aromatic carbocycles. The lowest BCUT2D eigenvalue weighted by molar-refractivity contribution is 0.100. The van der Waals surface area contributed by atoms with Crippen molar-refractivity contribution in [1.82, 2.24) is 15.0 Å². The van der Waals surface area contributed by atoms with E-state index in [4.69, 9.17) is 21.2 Å². The number of nitrogens with zero attached hydrogens (tertiary/aromatic N) is 3. The van der Waals surface area contributed by atoms with Gasteiger partial charge < -0.3 is 36.7 Å². The van der Waals surface area contributed by atoms with E-state index in [1.54, 1.807) is 6.20 Å². The molecule has 2 unspecified atom stereocenters. The van der Waals surface area contributed by atoms with Crippen LogP contribution in [0.25, 0.3) is 11.0 Å². The lowest BCUT2D eigenvalue weighted by atomic mass is 9.91. The van der Waals surface area contributed by atoms with E-state index >= 15 is 0 Å². The van der Waals surface area contributed by atoms with Crippen LogP contribution in [-0.4, -0.2) is 59.2 Å². The molecule has 34 heavy (non-hydrogen) atoms. The summed E-state index contributed by atoms with van der Waals surface area (Å²) in [5, 5.41) is 7.16. The van der Waals surface area contributed by atoms with Gasteiger partial charge in [0.2, 0.25) is 0 Å². The fraction of sp³-hybridized carbons (Fsp3) is 0.435. The van der Waals surface area contributed by atoms with Crippen LogP contribution < -0.4 is 27.0 Å². The Labute approximate surface area is 196 Å². The van der Waals surface area contributed by atoms with Crippen molar-refractivity contribution in [2.75, 3.05) is 41.8 Å². The molecular formula is C23H29FN8O2. The van der Waals surface area contributed by atoms with E-state index in [9.17, 15) is 9.18 Å². The normalized spacial score (nSPS) is 20.9. The second kappa shape index (κ2) is 9.43. The van der Waals surface area contributed by atoms with Gasteiger partial charge in [-0.15, -0.1) is 0 Å². The first-order chi connectivity index (χ1) is 16.5. The second-order valence-electron chi connectivity index (χ2n) is 8.77. The Kier molecular flexibility index (Phi) is 6.20. The zero-order chi connectivity index (χ0) is 23.7. The Morgan fingerprint density at radius 1 is 1.18 bits per heavy atom. The Morgan fingerprint density at radius 3 is 2.74 bits per heavy atom. The standard InChI is InChI=1S/C23H29FN8O2/c24-15-11-14(20(26)33)22(31-23(15)28-17-4-2-1-3-16(17)25)29-18-12-19(32-7-9-34-10-8-32)30-21-13(18)5-6-27-21/h5-6,11-12,16-17H,1-4,7-10,25H2,(H2,26,33)(H3,27,28,29,30,31). The topological polar surface area (TPSA) is 147 Å². The van der Waals surface area contributed by atoms with Crippen LogP contribution in [0, 0.1) is 5.82 Å². The van der Waals surface area contributed by atoms with Crippen LogP contribution in [0.5, 0.6) is 0 Å². The van der Waals surface area contributed by atoms with Crippen molar-refractivity contribution in [2.45, 2.75) is 37.8 Å². The lowest BCUT2D eigenvalue weighted by Crippen LogP contribution is -2.43. The number of nitrogens with two attached hydrogens (primary N) is 2. The van der Waals surface area contributed by atoms with Gasteiger partial charge in [-0.2, -0.15) is 0 Å². The highest BCUT2D eigenvalue weighted by molar-refractivity contribution is 6.00. The van der Waals surface area contributed by atoms with Crippen molar-refractivity contribution >= 4 is 40.1 Å². The minimum Gasteiger partial charge on any atom is -0.378 e. The van der Waals surface area contributed by atoms with Gasteiger partial charge in [-0.25, -0.2) is 14.4 Å². The number of ether oxygens (including phenoxy) is 1. The third kappa shape index (κ3) is 4.48. The third-order valence-electron chi connectivity index (χ3n) is 6.49. The van der Waals surface area contributed by atoms with E-state index in [1.165, 1.54) is 0 Å². The summed E-state index contributed by atoms with van der Waals surface area (Å²) in [7, 11) is 0. The van der Waals surface area contributed by atoms with Gasteiger partial charge in [0.1, 0.15) is 17.3 Å². The van der Waals surface area contributed by atoms with E-state index in [-0.39, 0.29) is 29.3 Å². The number of morpholine rings is 1. The molecule has 1 aliphatic heterocycles. The van der Waals surface area contributed by atoms with E-state index in [0.29, 0.717) is 24.5 Å². The molecule has 1 aliphatic carbocycles. The summed E-state index contributed by atoms with van der Waals surface area (Å²) >= 11 is 0. The van der Waals surface area contributed by atoms with Gasteiger partial charge in [-0.05, 0) is 25.0 Å². The Bertz CT molecular complexity index is 1190. The van der Waals surface area contributed by atoms with Crippen LogP contribution in [0.1, 0.15) is 36.0 Å². The zero-order valence-corrected chi connectivity index (χ0v) is 18.8. The van der Waals surface area contributed by atoms with E-state index in [0.717, 1.165) is 56.0 Å². The molecule has 3 aromatic heterocycles. The summed E-state index contributed by atoms with van der Waals surface area (Å²) in [6.45, 7) is 2.68. The molecule has 3 aromatic rings. The van der Waals surface area contributed by atoms with Crippen LogP contribution >= 0.6 is 0 Å². The maximum absolute atomic E-state index is 14.9. The largest absolute Gasteiger partial charge is 0.378 e. The van der Waals surface area contributed by atoms with E-state index in [1.807, 2.05) is 12.1 Å². The Hall–Kier alpha value is -3.44. The number of amides is 1. The van der Waals surface area contributed by atoms with Gasteiger partial charge in [0.05, 0.1) is 24.5 Å². The number of rotatable bonds is 6. The molecule has 2 atom stereocenters. The van der Waals surface area contributed by atoms with Gasteiger partial charge in [0.15, 0.2) is 11.6 Å². The monoisotopic (exact) mass is 468 g/mol. The highest BCUT2D eigenvalue weighted by Crippen LogP contribution is 2.32. The summed E-state index contributed by atoms with van der Waals surface area (Å²) in [5.74, 6) is -0.449. The second-order valence-corrected chi connectivity index (χ2v) is 8.77. The number of hydrogen-bond acceptors (Lipinski definition) is 8. The van der Waals surface area contributed by atoms with Gasteiger partial charge in [-0.1, -0.05) is 12.8 Å². The fourth-order valence-electron chi connectivity index (χ4n) is 4.60. The number of aromatic amines is 1. The maximum atomic E-state index is 14.9. The first-order valence-corrected chi connectivity index (χ1v) is 11.6. The van der Waals surface area contributed by atoms with Crippen LogP contribution in [0.4, 0.5) is 27.5 Å². The number of pyridine rings is 2. The molecule has 1 saturated carbocycles. The average Bonchev–Trinajstić information content (AvgIpc) is 3.32. The molecule has 2 fully saturated rings. The maximum Gasteiger partial charge on any atom is 0.252 e. The predicted octanol–water partition coefficient (Wildman–Crippen LogP) is 2.46. The first kappa shape index (κ1) is 22.4. The minimum atomic E-state index is -0.775. The van der Waals surface area contributed by atoms with E-state index in [2.05, 4.69) is 25.5 Å². The molecule has 1 saturated heterocycles. The Morgan fingerprint density at radius 2 is 1.97 bits per heavy atom. The number of carbonyl (C=O) groups excluding carboxylic acids is 1. The zero-order valence-electron chi connectivity index (χ0n) is 18.8. The molecular weight excluding hydrogens is 439 g/mol. The molecule has 4 heterocycles. The highest BCUT2D eigenvalue weighted by atomic mass is 19.1. The van der Waals surface area contributed by atoms with E-state index < -0.39 is 11.7 Å². The van der Waals surface area contributed by atoms with Crippen molar-refractivity contribution in [3.05, 3.63) is 35.8 Å². The third-order valence-corrected chi connectivity index (χ3v) is 6.49. The number of nitrogens with one attached hydrogen (secondary N) is 3. The van der Waals surface area contributed by atoms with Crippen LogP contribution in [-0.2, 0) is 4.74 Å². The van der Waals surface area contributed by atoms with Gasteiger partial charge in [0.25, 0.3) is 5.91 Å². The number of halogens is 1. The number of fused-ring (bicyclic) bond motifs is 1. The van der Waals surface area contributed by atoms with Gasteiger partial charge in [-0.3, -0.25) is 4.79 Å². The van der Waals surface area contributed by atoms with Gasteiger partial charge in [0, 0.05) is 42.8 Å². The number of primary amides is 1. The molecule has 2 aliphatic rings. The summed E-state index contributed by atoms with van der Waals surface area (Å²) in [6, 6.07) is 4.71. The summed E-state index contributed by atoms with van der Waals surface area (Å²) in [5.41, 5.74) is 13.1. The molecule has 0 spiro atoms. The first-order valence-electron chi connectivity index (χ1n) is 11.6. The number of anilines is 4. The number of aromatic nitrogens is 3. The van der Waals surface area contributed by atoms with Crippen molar-refractivity contribution in [3.63, 3.8) is 0 Å². The molecule has 1 amide bonds. The molecule has 10 nitrogen and oxygen atoms in total. The number of H-pyrrole nitrogens is 1. The number of carbonyl (C=O) groups is 1. The fourth-order valence-corrected chi connectivity index (χ4v) is 4.60. The van der Waals surface area contributed by atoms with Crippen LogP contribution in [0.3, 0.4) is 0 Å². The number of hydrogen-bond donors (Lipinski definition) is 5. The summed E-state index contributed by atoms with van der Waals surface area (Å²) < 4.78 is 20.3. The summed E-state index contributed by atoms with van der Waals surface area (Å²) in [4.78, 5) is 26.5. The van der Waals surface area contributed by atoms with Crippen molar-refractivity contribution in [1.29, 1.82) is 0 Å². The molecule has 0 radical (unpaired) electrons. The molecule has 180 valence electrons. The van der Waals surface area contributed by atoms with Gasteiger partial charge >= 0.3 is 0 Å². The molecule has 0 bridgehead atoms. The van der Waals surface area contributed by atoms with Crippen LogP contribution in [0.2, 0.25) is 0 Å². The lowest BCUT2D eigenvalue weighted by Gasteiger charge is -2.30. The predicted molar refractivity (Wildman–Crippen MR) is 129 cm³/mol. The Balaban J connectivity index is 1.51. The molecule has 11 heteroatoms. The summed E-state index contributed by atoms with van der Waals surface area (Å²) in [6.07, 6.45) is 5.57. The van der Waals surface area contributed by atoms with Crippen LogP contribution in [0.15, 0.2) is 24.4 Å². The van der Waals surface area contributed by atoms with Crippen molar-refractivity contribution in [2.24, 2.45) is 11.5 Å². The van der Waals surface area contributed by atoms with Crippen molar-refractivity contribution < 1.29 is 13.9 Å². The van der Waals surface area contributed by atoms with Crippen molar-refractivity contribution in [3.8, 4) is 0 Å². The average molecular weight is 469 g/mol. The smallest absolute Gasteiger partial charge is 0.252 e. The molecule has 5 rings (SSSR count). The highest BCUT2D eigenvalue weighted by Gasteiger charge is 2.25. The quantitative estimate of drug-likeness (QED) is 0.371. The minimum absolute atomic E-state index is 0.0376. The molecule has 7 N–H and O–H groups in total. The SMILES string of the molecule is NC(=O)c1cc(F)c(NC2CCCCC2N)nc1Nc1cc(N2CCOCC2)nc2[nH]ccc12.